The molecule has 2 N–H and O–H groups in total. The number of hydrogen-bond acceptors (Lipinski definition) is 2. The van der Waals surface area contributed by atoms with Crippen LogP contribution in [0.4, 0.5) is 0 Å². The number of aryl methyl sites for hydroxylation is 1. The molecule has 0 aliphatic carbocycles. The van der Waals surface area contributed by atoms with Crippen LogP contribution in [-0.4, -0.2) is 23.7 Å². The maximum Gasteiger partial charge on any atom is 0.224 e. The van der Waals surface area contributed by atoms with Crippen LogP contribution in [0.1, 0.15) is 25.0 Å². The third-order valence-corrected chi connectivity index (χ3v) is 2.83. The fourth-order valence-corrected chi connectivity index (χ4v) is 1.57. The molecular weight excluding hydrogens is 214 g/mol. The largest absolute Gasteiger partial charge is 0.394 e. The third-order valence-electron chi connectivity index (χ3n) is 2.83. The van der Waals surface area contributed by atoms with Crippen molar-refractivity contribution < 1.29 is 9.90 Å². The summed E-state index contributed by atoms with van der Waals surface area (Å²) in [5, 5.41) is 12.0. The topological polar surface area (TPSA) is 49.3 Å². The van der Waals surface area contributed by atoms with E-state index >= 15 is 0 Å². The highest BCUT2D eigenvalue weighted by Gasteiger charge is 2.14. The van der Waals surface area contributed by atoms with Crippen molar-refractivity contribution in [3.63, 3.8) is 0 Å². The van der Waals surface area contributed by atoms with Gasteiger partial charge in [0, 0.05) is 0 Å². The smallest absolute Gasteiger partial charge is 0.224 e. The summed E-state index contributed by atoms with van der Waals surface area (Å²) in [7, 11) is 0. The number of amides is 1. The lowest BCUT2D eigenvalue weighted by molar-refractivity contribution is -0.121. The number of carbonyl (C=O) groups is 1. The van der Waals surface area contributed by atoms with Crippen LogP contribution in [0.5, 0.6) is 0 Å². The minimum Gasteiger partial charge on any atom is -0.394 e. The number of benzene rings is 1. The fraction of sp³-hybridized carbons (Fsp3) is 0.500. The monoisotopic (exact) mass is 235 g/mol. The van der Waals surface area contributed by atoms with Gasteiger partial charge in [-0.2, -0.15) is 0 Å². The van der Waals surface area contributed by atoms with Gasteiger partial charge in [0.25, 0.3) is 0 Å². The Labute approximate surface area is 103 Å². The number of aliphatic hydroxyl groups is 1. The number of hydrogen-bond donors (Lipinski definition) is 2. The van der Waals surface area contributed by atoms with Crippen LogP contribution in [0.3, 0.4) is 0 Å². The average Bonchev–Trinajstić information content (AvgIpc) is 2.28. The number of rotatable bonds is 5. The Hall–Kier alpha value is -1.35. The Kier molecular flexibility index (Phi) is 5.16. The van der Waals surface area contributed by atoms with Crippen LogP contribution >= 0.6 is 0 Å². The first-order valence-corrected chi connectivity index (χ1v) is 5.98. The van der Waals surface area contributed by atoms with Crippen molar-refractivity contribution in [1.82, 2.24) is 5.32 Å². The normalized spacial score (nSPS) is 12.5. The zero-order chi connectivity index (χ0) is 12.8. The predicted octanol–water partition coefficient (Wildman–Crippen LogP) is 1.67. The summed E-state index contributed by atoms with van der Waals surface area (Å²) in [4.78, 5) is 11.7. The molecule has 0 fully saturated rings. The van der Waals surface area contributed by atoms with Crippen LogP contribution in [0.2, 0.25) is 0 Å². The van der Waals surface area contributed by atoms with Crippen molar-refractivity contribution in [2.24, 2.45) is 5.92 Å². The molecule has 3 nitrogen and oxygen atoms in total. The van der Waals surface area contributed by atoms with Gasteiger partial charge in [-0.25, -0.2) is 0 Å². The predicted molar refractivity (Wildman–Crippen MR) is 68.7 cm³/mol. The van der Waals surface area contributed by atoms with Crippen molar-refractivity contribution in [3.05, 3.63) is 35.4 Å². The van der Waals surface area contributed by atoms with E-state index < -0.39 is 0 Å². The maximum atomic E-state index is 11.7. The van der Waals surface area contributed by atoms with Gasteiger partial charge in [0.1, 0.15) is 0 Å². The molecule has 0 aromatic heterocycles. The molecule has 1 aromatic rings. The molecule has 0 radical (unpaired) electrons. The van der Waals surface area contributed by atoms with E-state index in [1.165, 1.54) is 5.56 Å². The SMILES string of the molecule is Cc1ccc(CC(=O)N[C@H](CO)C(C)C)cc1. The highest BCUT2D eigenvalue weighted by molar-refractivity contribution is 5.78. The summed E-state index contributed by atoms with van der Waals surface area (Å²) in [6, 6.07) is 7.74. The molecular formula is C14H21NO2. The summed E-state index contributed by atoms with van der Waals surface area (Å²) in [5.41, 5.74) is 2.18. The lowest BCUT2D eigenvalue weighted by Crippen LogP contribution is -2.41. The van der Waals surface area contributed by atoms with E-state index in [1.807, 2.05) is 45.0 Å². The van der Waals surface area contributed by atoms with E-state index in [2.05, 4.69) is 5.32 Å². The second-order valence-electron chi connectivity index (χ2n) is 4.76. The number of aliphatic hydroxyl groups excluding tert-OH is 1. The summed E-state index contributed by atoms with van der Waals surface area (Å²) < 4.78 is 0. The molecule has 0 saturated carbocycles. The molecule has 0 bridgehead atoms. The Bertz CT molecular complexity index is 357. The lowest BCUT2D eigenvalue weighted by Gasteiger charge is -2.19. The summed E-state index contributed by atoms with van der Waals surface area (Å²) in [5.74, 6) is 0.198. The molecule has 3 heteroatoms. The van der Waals surface area contributed by atoms with Gasteiger partial charge in [-0.3, -0.25) is 4.79 Å². The molecule has 0 heterocycles. The molecule has 0 spiro atoms. The molecule has 1 amide bonds. The zero-order valence-corrected chi connectivity index (χ0v) is 10.7. The summed E-state index contributed by atoms with van der Waals surface area (Å²) in [6.45, 7) is 5.96. The molecule has 0 saturated heterocycles. The van der Waals surface area contributed by atoms with E-state index in [9.17, 15) is 4.79 Å². The van der Waals surface area contributed by atoms with Gasteiger partial charge < -0.3 is 10.4 Å². The second kappa shape index (κ2) is 6.40. The first kappa shape index (κ1) is 13.7. The molecule has 0 aliphatic rings. The highest BCUT2D eigenvalue weighted by Crippen LogP contribution is 2.05. The average molecular weight is 235 g/mol. The minimum atomic E-state index is -0.159. The molecule has 17 heavy (non-hydrogen) atoms. The molecule has 94 valence electrons. The van der Waals surface area contributed by atoms with Crippen LogP contribution < -0.4 is 5.32 Å². The Balaban J connectivity index is 2.52. The standard InChI is InChI=1S/C14H21NO2/c1-10(2)13(9-16)15-14(17)8-12-6-4-11(3)5-7-12/h4-7,10,13,16H,8-9H2,1-3H3,(H,15,17)/t13-/m1/s1. The molecule has 0 unspecified atom stereocenters. The van der Waals surface area contributed by atoms with E-state index in [0.29, 0.717) is 6.42 Å². The Morgan fingerprint density at radius 3 is 2.35 bits per heavy atom. The zero-order valence-electron chi connectivity index (χ0n) is 10.7. The van der Waals surface area contributed by atoms with Crippen LogP contribution in [0.25, 0.3) is 0 Å². The minimum absolute atomic E-state index is 0.0166. The van der Waals surface area contributed by atoms with E-state index in [4.69, 9.17) is 5.11 Å². The van der Waals surface area contributed by atoms with Crippen LogP contribution in [0, 0.1) is 12.8 Å². The summed E-state index contributed by atoms with van der Waals surface area (Å²) in [6.07, 6.45) is 0.365. The van der Waals surface area contributed by atoms with Gasteiger partial charge in [-0.05, 0) is 18.4 Å². The van der Waals surface area contributed by atoms with Gasteiger partial charge in [0.15, 0.2) is 0 Å². The second-order valence-corrected chi connectivity index (χ2v) is 4.76. The molecule has 1 atom stereocenters. The molecule has 1 rings (SSSR count). The molecule has 1 aromatic carbocycles. The van der Waals surface area contributed by atoms with Crippen molar-refractivity contribution in [2.45, 2.75) is 33.2 Å². The van der Waals surface area contributed by atoms with Gasteiger partial charge in [-0.15, -0.1) is 0 Å². The number of carbonyl (C=O) groups excluding carboxylic acids is 1. The van der Waals surface area contributed by atoms with Crippen molar-refractivity contribution in [2.75, 3.05) is 6.61 Å². The number of nitrogens with one attached hydrogen (secondary N) is 1. The van der Waals surface area contributed by atoms with Gasteiger partial charge in [0.05, 0.1) is 19.1 Å². The van der Waals surface area contributed by atoms with E-state index in [0.717, 1.165) is 5.56 Å². The Morgan fingerprint density at radius 1 is 1.29 bits per heavy atom. The first-order valence-electron chi connectivity index (χ1n) is 5.98. The fourth-order valence-electron chi connectivity index (χ4n) is 1.57. The lowest BCUT2D eigenvalue weighted by atomic mass is 10.0. The van der Waals surface area contributed by atoms with Gasteiger partial charge >= 0.3 is 0 Å². The maximum absolute atomic E-state index is 11.7. The van der Waals surface area contributed by atoms with Crippen LogP contribution in [-0.2, 0) is 11.2 Å². The van der Waals surface area contributed by atoms with E-state index in [1.54, 1.807) is 0 Å². The quantitative estimate of drug-likeness (QED) is 0.815. The summed E-state index contributed by atoms with van der Waals surface area (Å²) >= 11 is 0. The highest BCUT2D eigenvalue weighted by atomic mass is 16.3. The third kappa shape index (κ3) is 4.57. The van der Waals surface area contributed by atoms with Crippen molar-refractivity contribution >= 4 is 5.91 Å². The first-order chi connectivity index (χ1) is 8.02. The van der Waals surface area contributed by atoms with Crippen molar-refractivity contribution in [1.29, 1.82) is 0 Å². The Morgan fingerprint density at radius 2 is 1.88 bits per heavy atom. The van der Waals surface area contributed by atoms with Gasteiger partial charge in [0.2, 0.25) is 5.91 Å². The van der Waals surface area contributed by atoms with Crippen molar-refractivity contribution in [3.8, 4) is 0 Å². The molecule has 0 aliphatic heterocycles. The van der Waals surface area contributed by atoms with Gasteiger partial charge in [-0.1, -0.05) is 43.7 Å². The van der Waals surface area contributed by atoms with Crippen LogP contribution in [0.15, 0.2) is 24.3 Å². The van der Waals surface area contributed by atoms with E-state index in [-0.39, 0.29) is 24.5 Å².